The fourth-order valence-corrected chi connectivity index (χ4v) is 1.25. The number of aliphatic carboxylic acids is 2. The Bertz CT molecular complexity index is 191. The molecule has 0 spiro atoms. The summed E-state index contributed by atoms with van der Waals surface area (Å²) < 4.78 is 10.3. The Morgan fingerprint density at radius 1 is 1.15 bits per heavy atom. The van der Waals surface area contributed by atoms with Crippen LogP contribution in [0.2, 0.25) is 0 Å². The highest BCUT2D eigenvalue weighted by Crippen LogP contribution is 2.14. The Labute approximate surface area is 74.5 Å². The molecule has 0 saturated heterocycles. The Morgan fingerprint density at radius 2 is 1.54 bits per heavy atom. The van der Waals surface area contributed by atoms with Crippen LogP contribution in [0.15, 0.2) is 0 Å². The van der Waals surface area contributed by atoms with E-state index in [1.807, 2.05) is 0 Å². The van der Waals surface area contributed by atoms with Crippen LogP contribution in [-0.2, 0) is 14.2 Å². The number of hydrogen-bond acceptors (Lipinski definition) is 4. The third kappa shape index (κ3) is 7.32. The van der Waals surface area contributed by atoms with Gasteiger partial charge in [-0.25, -0.2) is 4.90 Å². The zero-order valence-electron chi connectivity index (χ0n) is 6.58. The molecule has 0 rings (SSSR count). The van der Waals surface area contributed by atoms with Crippen LogP contribution < -0.4 is 0 Å². The van der Waals surface area contributed by atoms with Crippen molar-refractivity contribution < 1.29 is 29.3 Å². The van der Waals surface area contributed by atoms with Crippen LogP contribution in [0, 0.1) is 0 Å². The fraction of sp³-hybridized carbons (Fsp3) is 0.600. The molecule has 7 nitrogen and oxygen atoms in total. The average Bonchev–Trinajstić information content (AvgIpc) is 1.80. The lowest BCUT2D eigenvalue weighted by Crippen LogP contribution is -2.34. The van der Waals surface area contributed by atoms with Crippen LogP contribution in [0.25, 0.3) is 0 Å². The third-order valence-corrected chi connectivity index (χ3v) is 1.68. The van der Waals surface area contributed by atoms with Gasteiger partial charge in [-0.15, -0.1) is 0 Å². The molecule has 74 valence electrons. The SMILES string of the molecule is O=C(O)CN(CC(=O)O)C[P+](=O)O. The summed E-state index contributed by atoms with van der Waals surface area (Å²) in [5, 5.41) is 16.6. The van der Waals surface area contributed by atoms with Gasteiger partial charge in [0.25, 0.3) is 0 Å². The van der Waals surface area contributed by atoms with E-state index >= 15 is 0 Å². The molecule has 1 atom stereocenters. The molecule has 0 saturated carbocycles. The van der Waals surface area contributed by atoms with E-state index in [1.165, 1.54) is 0 Å². The summed E-state index contributed by atoms with van der Waals surface area (Å²) in [6.45, 7) is -1.12. The molecule has 0 amide bonds. The summed E-state index contributed by atoms with van der Waals surface area (Å²) in [5.41, 5.74) is 0. The van der Waals surface area contributed by atoms with Crippen LogP contribution in [0.4, 0.5) is 0 Å². The summed E-state index contributed by atoms with van der Waals surface area (Å²) in [5.74, 6) is -2.48. The molecule has 0 aliphatic heterocycles. The second-order valence-corrected chi connectivity index (χ2v) is 3.26. The van der Waals surface area contributed by atoms with Gasteiger partial charge in [0, 0.05) is 0 Å². The lowest BCUT2D eigenvalue weighted by Gasteiger charge is -2.09. The van der Waals surface area contributed by atoms with Crippen LogP contribution >= 0.6 is 8.03 Å². The minimum absolute atomic E-state index is 0.450. The van der Waals surface area contributed by atoms with Gasteiger partial charge in [-0.3, -0.25) is 9.59 Å². The predicted octanol–water partition coefficient (Wildman–Crippen LogP) is -0.850. The van der Waals surface area contributed by atoms with E-state index in [9.17, 15) is 14.2 Å². The van der Waals surface area contributed by atoms with Crippen molar-refractivity contribution >= 4 is 20.0 Å². The maximum atomic E-state index is 10.3. The van der Waals surface area contributed by atoms with Gasteiger partial charge in [-0.2, -0.15) is 4.89 Å². The van der Waals surface area contributed by atoms with Gasteiger partial charge >= 0.3 is 20.0 Å². The summed E-state index contributed by atoms with van der Waals surface area (Å²) >= 11 is 0. The highest BCUT2D eigenvalue weighted by molar-refractivity contribution is 7.37. The van der Waals surface area contributed by atoms with E-state index in [0.717, 1.165) is 4.90 Å². The topological polar surface area (TPSA) is 115 Å². The standard InChI is InChI=1S/C5H8NO6P/c7-4(8)1-6(2-5(9)10)3-13(11)12/h1-3H2,(H2-,7,8,9,10,11,12)/p+1. The zero-order valence-corrected chi connectivity index (χ0v) is 7.48. The molecule has 0 aromatic carbocycles. The molecule has 0 heterocycles. The predicted molar refractivity (Wildman–Crippen MR) is 41.5 cm³/mol. The molecule has 0 aromatic rings. The first kappa shape index (κ1) is 12.0. The summed E-state index contributed by atoms with van der Waals surface area (Å²) in [4.78, 5) is 29.6. The van der Waals surface area contributed by atoms with E-state index < -0.39 is 39.3 Å². The van der Waals surface area contributed by atoms with Crippen LogP contribution in [0.3, 0.4) is 0 Å². The monoisotopic (exact) mass is 210 g/mol. The maximum absolute atomic E-state index is 10.3. The Hall–Kier alpha value is -1.04. The molecule has 0 fully saturated rings. The number of rotatable bonds is 6. The first-order chi connectivity index (χ1) is 5.91. The smallest absolute Gasteiger partial charge is 0.480 e. The van der Waals surface area contributed by atoms with Crippen molar-refractivity contribution in [3.05, 3.63) is 0 Å². The first-order valence-electron chi connectivity index (χ1n) is 3.21. The van der Waals surface area contributed by atoms with Crippen LogP contribution in [0.1, 0.15) is 0 Å². The lowest BCUT2D eigenvalue weighted by molar-refractivity contribution is -0.141. The Morgan fingerprint density at radius 3 is 1.77 bits per heavy atom. The zero-order chi connectivity index (χ0) is 10.4. The molecule has 1 unspecified atom stereocenters. The molecule has 3 N–H and O–H groups in total. The maximum Gasteiger partial charge on any atom is 0.521 e. The van der Waals surface area contributed by atoms with Crippen molar-refractivity contribution in [3.63, 3.8) is 0 Å². The molecule has 0 aliphatic rings. The highest BCUT2D eigenvalue weighted by Gasteiger charge is 2.22. The van der Waals surface area contributed by atoms with E-state index in [4.69, 9.17) is 15.1 Å². The quantitative estimate of drug-likeness (QED) is 0.489. The van der Waals surface area contributed by atoms with E-state index in [2.05, 4.69) is 0 Å². The van der Waals surface area contributed by atoms with Gasteiger partial charge in [-0.1, -0.05) is 0 Å². The number of carbonyl (C=O) groups is 2. The molecule has 0 radical (unpaired) electrons. The van der Waals surface area contributed by atoms with Gasteiger partial charge < -0.3 is 10.2 Å². The van der Waals surface area contributed by atoms with Gasteiger partial charge in [-0.05, 0) is 4.57 Å². The molecular weight excluding hydrogens is 201 g/mol. The van der Waals surface area contributed by atoms with Crippen molar-refractivity contribution in [2.24, 2.45) is 0 Å². The van der Waals surface area contributed by atoms with Crippen LogP contribution in [-0.4, -0.2) is 51.3 Å². The minimum atomic E-state index is -2.55. The second kappa shape index (κ2) is 5.58. The third-order valence-electron chi connectivity index (χ3n) is 1.04. The Balaban J connectivity index is 4.10. The number of carboxylic acid groups (broad SMARTS) is 2. The average molecular weight is 210 g/mol. The molecule has 8 heteroatoms. The Kier molecular flexibility index (Phi) is 5.13. The number of carboxylic acids is 2. The van der Waals surface area contributed by atoms with Crippen molar-refractivity contribution in [2.75, 3.05) is 19.4 Å². The van der Waals surface area contributed by atoms with Crippen molar-refractivity contribution in [2.45, 2.75) is 0 Å². The molecular formula is C5H9NO6P+. The molecule has 0 bridgehead atoms. The molecule has 0 aromatic heterocycles. The molecule has 0 aliphatic carbocycles. The highest BCUT2D eigenvalue weighted by atomic mass is 31.1. The number of nitrogens with zero attached hydrogens (tertiary/aromatic N) is 1. The minimum Gasteiger partial charge on any atom is -0.480 e. The van der Waals surface area contributed by atoms with Gasteiger partial charge in [0.15, 0.2) is 0 Å². The van der Waals surface area contributed by atoms with Gasteiger partial charge in [0.1, 0.15) is 13.1 Å². The first-order valence-corrected chi connectivity index (χ1v) is 4.61. The van der Waals surface area contributed by atoms with Crippen molar-refractivity contribution in [3.8, 4) is 0 Å². The second-order valence-electron chi connectivity index (χ2n) is 2.27. The number of hydrogen-bond donors (Lipinski definition) is 3. The summed E-state index contributed by atoms with van der Waals surface area (Å²) in [6.07, 6.45) is -0.450. The lowest BCUT2D eigenvalue weighted by atomic mass is 10.5. The van der Waals surface area contributed by atoms with E-state index in [0.29, 0.717) is 0 Å². The summed E-state index contributed by atoms with van der Waals surface area (Å²) in [7, 11) is -2.55. The summed E-state index contributed by atoms with van der Waals surface area (Å²) in [6, 6.07) is 0. The normalized spacial score (nSPS) is 11.4. The van der Waals surface area contributed by atoms with E-state index in [1.54, 1.807) is 0 Å². The van der Waals surface area contributed by atoms with Crippen molar-refractivity contribution in [1.29, 1.82) is 0 Å². The largest absolute Gasteiger partial charge is 0.521 e. The van der Waals surface area contributed by atoms with Crippen molar-refractivity contribution in [1.82, 2.24) is 4.90 Å². The van der Waals surface area contributed by atoms with Gasteiger partial charge in [0.05, 0.1) is 0 Å². The fourth-order valence-electron chi connectivity index (χ4n) is 0.710. The molecule has 13 heavy (non-hydrogen) atoms. The van der Waals surface area contributed by atoms with Crippen LogP contribution in [0.5, 0.6) is 0 Å². The van der Waals surface area contributed by atoms with E-state index in [-0.39, 0.29) is 0 Å². The van der Waals surface area contributed by atoms with Gasteiger partial charge in [0.2, 0.25) is 6.29 Å².